The highest BCUT2D eigenvalue weighted by molar-refractivity contribution is 6.00. The van der Waals surface area contributed by atoms with Gasteiger partial charge >= 0.3 is 5.69 Å². The van der Waals surface area contributed by atoms with Gasteiger partial charge in [0.15, 0.2) is 0 Å². The fourth-order valence-corrected chi connectivity index (χ4v) is 2.67. The molecule has 3 rings (SSSR count). The predicted molar refractivity (Wildman–Crippen MR) is 99.2 cm³/mol. The van der Waals surface area contributed by atoms with Gasteiger partial charge in [-0.25, -0.2) is 9.36 Å². The highest BCUT2D eigenvalue weighted by Gasteiger charge is 2.18. The predicted octanol–water partition coefficient (Wildman–Crippen LogP) is 1.94. The zero-order chi connectivity index (χ0) is 18.7. The summed E-state index contributed by atoms with van der Waals surface area (Å²) < 4.78 is 1.08. The number of hydrogen-bond donors (Lipinski definition) is 2. The van der Waals surface area contributed by atoms with Crippen LogP contribution in [0, 0.1) is 6.92 Å². The van der Waals surface area contributed by atoms with E-state index in [1.54, 1.807) is 37.5 Å². The molecule has 0 amide bonds. The first-order valence-corrected chi connectivity index (χ1v) is 8.03. The lowest BCUT2D eigenvalue weighted by atomic mass is 10.1. The number of aryl methyl sites for hydroxylation is 1. The van der Waals surface area contributed by atoms with Crippen molar-refractivity contribution in [3.63, 3.8) is 0 Å². The molecule has 132 valence electrons. The zero-order valence-corrected chi connectivity index (χ0v) is 14.4. The van der Waals surface area contributed by atoms with E-state index in [4.69, 9.17) is 0 Å². The van der Waals surface area contributed by atoms with E-state index in [1.165, 1.54) is 0 Å². The smallest absolute Gasteiger partial charge is 0.335 e. The van der Waals surface area contributed by atoms with Gasteiger partial charge in [0.1, 0.15) is 5.56 Å². The second-order valence-electron chi connectivity index (χ2n) is 5.84. The summed E-state index contributed by atoms with van der Waals surface area (Å²) >= 11 is 0. The molecule has 2 aromatic heterocycles. The van der Waals surface area contributed by atoms with Crippen molar-refractivity contribution in [2.45, 2.75) is 20.4 Å². The van der Waals surface area contributed by atoms with Gasteiger partial charge in [0.2, 0.25) is 5.88 Å². The molecule has 7 nitrogen and oxygen atoms in total. The first kappa shape index (κ1) is 17.3. The summed E-state index contributed by atoms with van der Waals surface area (Å²) in [7, 11) is 0. The Morgan fingerprint density at radius 2 is 2.00 bits per heavy atom. The molecule has 2 heterocycles. The Morgan fingerprint density at radius 1 is 1.23 bits per heavy atom. The van der Waals surface area contributed by atoms with Crippen molar-refractivity contribution in [3.8, 4) is 11.6 Å². The molecule has 0 aliphatic rings. The molecule has 3 aromatic rings. The first-order valence-electron chi connectivity index (χ1n) is 8.03. The molecule has 0 unspecified atom stereocenters. The Kier molecular flexibility index (Phi) is 4.79. The minimum absolute atomic E-state index is 0.0308. The summed E-state index contributed by atoms with van der Waals surface area (Å²) in [5.74, 6) is -0.430. The number of aromatic amines is 1. The minimum atomic E-state index is -0.703. The van der Waals surface area contributed by atoms with Crippen molar-refractivity contribution >= 4 is 5.71 Å². The highest BCUT2D eigenvalue weighted by Crippen LogP contribution is 2.20. The van der Waals surface area contributed by atoms with E-state index in [1.807, 2.05) is 25.1 Å². The maximum atomic E-state index is 12.3. The van der Waals surface area contributed by atoms with E-state index in [0.29, 0.717) is 17.9 Å². The Morgan fingerprint density at radius 3 is 2.69 bits per heavy atom. The van der Waals surface area contributed by atoms with Crippen LogP contribution in [0.5, 0.6) is 5.88 Å². The number of aromatic hydroxyl groups is 1. The van der Waals surface area contributed by atoms with Crippen LogP contribution in [0.1, 0.15) is 23.6 Å². The van der Waals surface area contributed by atoms with Crippen molar-refractivity contribution in [3.05, 3.63) is 86.3 Å². The molecule has 2 N–H and O–H groups in total. The van der Waals surface area contributed by atoms with Gasteiger partial charge in [-0.15, -0.1) is 0 Å². The molecular formula is C19H18N4O3. The second-order valence-corrected chi connectivity index (χ2v) is 5.84. The molecule has 0 saturated carbocycles. The van der Waals surface area contributed by atoms with Crippen LogP contribution < -0.4 is 11.2 Å². The molecule has 7 heteroatoms. The van der Waals surface area contributed by atoms with E-state index >= 15 is 0 Å². The van der Waals surface area contributed by atoms with Gasteiger partial charge in [-0.1, -0.05) is 24.3 Å². The van der Waals surface area contributed by atoms with E-state index in [0.717, 1.165) is 15.7 Å². The number of rotatable bonds is 4. The van der Waals surface area contributed by atoms with Crippen LogP contribution in [-0.4, -0.2) is 25.4 Å². The van der Waals surface area contributed by atoms with Crippen molar-refractivity contribution in [1.29, 1.82) is 0 Å². The van der Waals surface area contributed by atoms with Crippen molar-refractivity contribution < 1.29 is 5.11 Å². The average molecular weight is 350 g/mol. The monoisotopic (exact) mass is 350 g/mol. The minimum Gasteiger partial charge on any atom is -0.493 e. The molecule has 0 aliphatic heterocycles. The molecule has 0 saturated heterocycles. The molecule has 26 heavy (non-hydrogen) atoms. The lowest BCUT2D eigenvalue weighted by Gasteiger charge is -2.13. The summed E-state index contributed by atoms with van der Waals surface area (Å²) in [6.07, 6.45) is 3.34. The SMILES string of the molecule is CC(=NCc1cccnc1)c1c(O)n(-c2ccccc2C)c(=O)[nH]c1=O. The van der Waals surface area contributed by atoms with Crippen LogP contribution in [-0.2, 0) is 6.54 Å². The largest absolute Gasteiger partial charge is 0.493 e. The zero-order valence-electron chi connectivity index (χ0n) is 14.4. The van der Waals surface area contributed by atoms with Gasteiger partial charge in [-0.3, -0.25) is 19.8 Å². The summed E-state index contributed by atoms with van der Waals surface area (Å²) in [4.78, 5) is 35.1. The standard InChI is InChI=1S/C19H18N4O3/c1-12-6-3-4-8-15(12)23-18(25)16(17(24)22-19(23)26)13(2)21-11-14-7-5-9-20-10-14/h3-10,25H,11H2,1-2H3,(H,22,24,26). The summed E-state index contributed by atoms with van der Waals surface area (Å²) in [5, 5.41) is 10.6. The van der Waals surface area contributed by atoms with Crippen LogP contribution in [0.15, 0.2) is 63.4 Å². The number of nitrogens with zero attached hydrogens (tertiary/aromatic N) is 3. The third-order valence-corrected chi connectivity index (χ3v) is 4.03. The van der Waals surface area contributed by atoms with Crippen molar-refractivity contribution in [2.24, 2.45) is 4.99 Å². The third kappa shape index (κ3) is 3.32. The maximum Gasteiger partial charge on any atom is 0.335 e. The van der Waals surface area contributed by atoms with Gasteiger partial charge in [0, 0.05) is 12.4 Å². The average Bonchev–Trinajstić information content (AvgIpc) is 2.62. The van der Waals surface area contributed by atoms with Crippen molar-refractivity contribution in [1.82, 2.24) is 14.5 Å². The van der Waals surface area contributed by atoms with E-state index in [2.05, 4.69) is 15.0 Å². The number of aromatic nitrogens is 3. The van der Waals surface area contributed by atoms with Gasteiger partial charge in [-0.05, 0) is 37.1 Å². The summed E-state index contributed by atoms with van der Waals surface area (Å²) in [6, 6.07) is 10.7. The van der Waals surface area contributed by atoms with E-state index < -0.39 is 17.1 Å². The Bertz CT molecular complexity index is 1080. The first-order chi connectivity index (χ1) is 12.5. The third-order valence-electron chi connectivity index (χ3n) is 4.03. The number of aliphatic imine (C=N–C) groups is 1. The normalized spacial score (nSPS) is 11.5. The second kappa shape index (κ2) is 7.18. The molecule has 0 radical (unpaired) electrons. The van der Waals surface area contributed by atoms with Crippen molar-refractivity contribution in [2.75, 3.05) is 0 Å². The molecule has 0 atom stereocenters. The number of pyridine rings is 1. The number of nitrogens with one attached hydrogen (secondary N) is 1. The maximum absolute atomic E-state index is 12.3. The Hall–Kier alpha value is -3.48. The van der Waals surface area contributed by atoms with Crippen LogP contribution in [0.25, 0.3) is 5.69 Å². The number of hydrogen-bond acceptors (Lipinski definition) is 5. The molecule has 0 bridgehead atoms. The van der Waals surface area contributed by atoms with Gasteiger partial charge in [0.05, 0.1) is 17.9 Å². The highest BCUT2D eigenvalue weighted by atomic mass is 16.3. The number of benzene rings is 1. The van der Waals surface area contributed by atoms with Gasteiger partial charge < -0.3 is 5.11 Å². The molecule has 0 fully saturated rings. The van der Waals surface area contributed by atoms with Gasteiger partial charge in [0.25, 0.3) is 5.56 Å². The van der Waals surface area contributed by atoms with Crippen LogP contribution in [0.2, 0.25) is 0 Å². The Labute approximate surface area is 149 Å². The fraction of sp³-hybridized carbons (Fsp3) is 0.158. The van der Waals surface area contributed by atoms with Gasteiger partial charge in [-0.2, -0.15) is 0 Å². The number of para-hydroxylation sites is 1. The summed E-state index contributed by atoms with van der Waals surface area (Å²) in [6.45, 7) is 3.74. The lowest BCUT2D eigenvalue weighted by Crippen LogP contribution is -2.33. The molecule has 0 spiro atoms. The number of H-pyrrole nitrogens is 1. The molecule has 1 aromatic carbocycles. The van der Waals surface area contributed by atoms with E-state index in [9.17, 15) is 14.7 Å². The molecular weight excluding hydrogens is 332 g/mol. The fourth-order valence-electron chi connectivity index (χ4n) is 2.67. The quantitative estimate of drug-likeness (QED) is 0.702. The van der Waals surface area contributed by atoms with E-state index in [-0.39, 0.29) is 5.56 Å². The topological polar surface area (TPSA) is 100 Å². The summed E-state index contributed by atoms with van der Waals surface area (Å²) in [5.41, 5.74) is 1.07. The van der Waals surface area contributed by atoms with Crippen LogP contribution in [0.3, 0.4) is 0 Å². The molecule has 0 aliphatic carbocycles. The Balaban J connectivity index is 2.11. The lowest BCUT2D eigenvalue weighted by molar-refractivity contribution is 0.429. The van der Waals surface area contributed by atoms with Crippen LogP contribution >= 0.6 is 0 Å². The van der Waals surface area contributed by atoms with Crippen LogP contribution in [0.4, 0.5) is 0 Å².